The molecule has 126 valence electrons. The Morgan fingerprint density at radius 1 is 1.25 bits per heavy atom. The summed E-state index contributed by atoms with van der Waals surface area (Å²) in [5, 5.41) is 2.93. The smallest absolute Gasteiger partial charge is 0.255 e. The molecule has 1 aliphatic heterocycles. The molecule has 2 aromatic rings. The molecule has 1 aliphatic rings. The van der Waals surface area contributed by atoms with Crippen molar-refractivity contribution in [2.24, 2.45) is 0 Å². The Hall–Kier alpha value is -2.36. The van der Waals surface area contributed by atoms with Crippen LogP contribution in [0.15, 0.2) is 42.6 Å². The van der Waals surface area contributed by atoms with E-state index in [2.05, 4.69) is 22.1 Å². The van der Waals surface area contributed by atoms with Gasteiger partial charge in [-0.1, -0.05) is 25.1 Å². The summed E-state index contributed by atoms with van der Waals surface area (Å²) in [5.74, 6) is 0.919. The van der Waals surface area contributed by atoms with Crippen LogP contribution in [0.25, 0.3) is 0 Å². The topological polar surface area (TPSA) is 45.2 Å². The number of rotatable bonds is 4. The van der Waals surface area contributed by atoms with E-state index < -0.39 is 0 Å². The Balaban J connectivity index is 1.70. The first kappa shape index (κ1) is 16.5. The van der Waals surface area contributed by atoms with Crippen LogP contribution in [-0.2, 0) is 0 Å². The first-order valence-corrected chi connectivity index (χ1v) is 8.78. The number of hydrogen-bond acceptors (Lipinski definition) is 3. The third kappa shape index (κ3) is 3.58. The maximum Gasteiger partial charge on any atom is 0.255 e. The number of benzene rings is 1. The van der Waals surface area contributed by atoms with Gasteiger partial charge in [0.15, 0.2) is 0 Å². The van der Waals surface area contributed by atoms with Gasteiger partial charge in [-0.05, 0) is 56.4 Å². The van der Waals surface area contributed by atoms with Crippen LogP contribution in [0.3, 0.4) is 0 Å². The molecule has 1 amide bonds. The molecule has 3 rings (SSSR count). The molecule has 1 aromatic carbocycles. The van der Waals surface area contributed by atoms with Crippen molar-refractivity contribution >= 4 is 17.4 Å². The molecule has 4 nitrogen and oxygen atoms in total. The minimum atomic E-state index is -0.0907. The number of aryl methyl sites for hydroxylation is 1. The normalized spacial score (nSPS) is 17.6. The summed E-state index contributed by atoms with van der Waals surface area (Å²) in [5.41, 5.74) is 2.40. The molecule has 0 bridgehead atoms. The van der Waals surface area contributed by atoms with Gasteiger partial charge in [0.05, 0.1) is 11.9 Å². The van der Waals surface area contributed by atoms with Crippen molar-refractivity contribution in [3.8, 4) is 0 Å². The second-order valence-corrected chi connectivity index (χ2v) is 6.43. The number of nitrogens with one attached hydrogen (secondary N) is 1. The third-order valence-electron chi connectivity index (χ3n) is 4.79. The zero-order chi connectivity index (χ0) is 16.9. The van der Waals surface area contributed by atoms with Crippen molar-refractivity contribution in [1.82, 2.24) is 4.98 Å². The summed E-state index contributed by atoms with van der Waals surface area (Å²) in [4.78, 5) is 19.4. The van der Waals surface area contributed by atoms with Gasteiger partial charge in [-0.3, -0.25) is 4.79 Å². The minimum absolute atomic E-state index is 0.0907. The number of aromatic nitrogens is 1. The highest BCUT2D eigenvalue weighted by atomic mass is 16.1. The second kappa shape index (κ2) is 7.47. The van der Waals surface area contributed by atoms with Gasteiger partial charge >= 0.3 is 0 Å². The van der Waals surface area contributed by atoms with Crippen LogP contribution in [0.5, 0.6) is 0 Å². The van der Waals surface area contributed by atoms with Gasteiger partial charge in [0.1, 0.15) is 5.82 Å². The first-order valence-electron chi connectivity index (χ1n) is 8.78. The summed E-state index contributed by atoms with van der Waals surface area (Å²) in [6.45, 7) is 5.25. The molecule has 0 aliphatic carbocycles. The van der Waals surface area contributed by atoms with Gasteiger partial charge in [0.25, 0.3) is 5.91 Å². The molecule has 24 heavy (non-hydrogen) atoms. The van der Waals surface area contributed by atoms with Gasteiger partial charge in [-0.25, -0.2) is 4.98 Å². The molecule has 4 heteroatoms. The van der Waals surface area contributed by atoms with Crippen molar-refractivity contribution in [2.75, 3.05) is 16.8 Å². The second-order valence-electron chi connectivity index (χ2n) is 6.43. The lowest BCUT2D eigenvalue weighted by atomic mass is 10.00. The van der Waals surface area contributed by atoms with Crippen molar-refractivity contribution in [1.29, 1.82) is 0 Å². The van der Waals surface area contributed by atoms with E-state index in [0.29, 0.717) is 11.6 Å². The van der Waals surface area contributed by atoms with E-state index in [1.165, 1.54) is 19.3 Å². The lowest BCUT2D eigenvalue weighted by Crippen LogP contribution is -2.39. The van der Waals surface area contributed by atoms with Crippen molar-refractivity contribution in [3.63, 3.8) is 0 Å². The first-order chi connectivity index (χ1) is 11.7. The SMILES string of the molecule is CCC1CCCCN1c1ccc(NC(=O)c2ccccc2C)cn1. The molecular weight excluding hydrogens is 298 g/mol. The Morgan fingerprint density at radius 3 is 2.79 bits per heavy atom. The van der Waals surface area contributed by atoms with Crippen LogP contribution in [0.4, 0.5) is 11.5 Å². The number of pyridine rings is 1. The molecule has 2 heterocycles. The summed E-state index contributed by atoms with van der Waals surface area (Å²) >= 11 is 0. The fraction of sp³-hybridized carbons (Fsp3) is 0.400. The molecule has 1 aromatic heterocycles. The Morgan fingerprint density at radius 2 is 2.08 bits per heavy atom. The standard InChI is InChI=1S/C20H25N3O/c1-3-17-9-6-7-13-23(17)19-12-11-16(14-21-19)22-20(24)18-10-5-4-8-15(18)2/h4-5,8,10-12,14,17H,3,6-7,9,13H2,1-2H3,(H,22,24). The van der Waals surface area contributed by atoms with Crippen LogP contribution in [-0.4, -0.2) is 23.5 Å². The zero-order valence-corrected chi connectivity index (χ0v) is 14.5. The Labute approximate surface area is 143 Å². The van der Waals surface area contributed by atoms with Gasteiger partial charge in [-0.15, -0.1) is 0 Å². The molecule has 1 fully saturated rings. The van der Waals surface area contributed by atoms with Crippen molar-refractivity contribution < 1.29 is 4.79 Å². The van der Waals surface area contributed by atoms with E-state index in [4.69, 9.17) is 0 Å². The quantitative estimate of drug-likeness (QED) is 0.906. The number of amides is 1. The number of nitrogens with zero attached hydrogens (tertiary/aromatic N) is 2. The van der Waals surface area contributed by atoms with Crippen LogP contribution >= 0.6 is 0 Å². The highest BCUT2D eigenvalue weighted by molar-refractivity contribution is 6.05. The highest BCUT2D eigenvalue weighted by Gasteiger charge is 2.21. The van der Waals surface area contributed by atoms with E-state index in [-0.39, 0.29) is 5.91 Å². The van der Waals surface area contributed by atoms with E-state index in [9.17, 15) is 4.79 Å². The van der Waals surface area contributed by atoms with Crippen LogP contribution in [0.1, 0.15) is 48.5 Å². The average Bonchev–Trinajstić information content (AvgIpc) is 2.62. The van der Waals surface area contributed by atoms with E-state index in [1.807, 2.05) is 43.3 Å². The fourth-order valence-corrected chi connectivity index (χ4v) is 3.38. The monoisotopic (exact) mass is 323 g/mol. The van der Waals surface area contributed by atoms with Gasteiger partial charge in [0, 0.05) is 18.2 Å². The van der Waals surface area contributed by atoms with Crippen LogP contribution < -0.4 is 10.2 Å². The lowest BCUT2D eigenvalue weighted by molar-refractivity contribution is 0.102. The summed E-state index contributed by atoms with van der Waals surface area (Å²) in [6, 6.07) is 12.1. The number of anilines is 2. The predicted octanol–water partition coefficient (Wildman–Crippen LogP) is 4.41. The largest absolute Gasteiger partial charge is 0.354 e. The van der Waals surface area contributed by atoms with Crippen LogP contribution in [0, 0.1) is 6.92 Å². The molecule has 0 spiro atoms. The molecule has 1 atom stereocenters. The summed E-state index contributed by atoms with van der Waals surface area (Å²) < 4.78 is 0. The van der Waals surface area contributed by atoms with Gasteiger partial charge in [-0.2, -0.15) is 0 Å². The van der Waals surface area contributed by atoms with Gasteiger partial charge < -0.3 is 10.2 Å². The van der Waals surface area contributed by atoms with Crippen LogP contribution in [0.2, 0.25) is 0 Å². The third-order valence-corrected chi connectivity index (χ3v) is 4.79. The number of carbonyl (C=O) groups excluding carboxylic acids is 1. The minimum Gasteiger partial charge on any atom is -0.354 e. The number of carbonyl (C=O) groups is 1. The molecule has 0 saturated carbocycles. The molecule has 1 N–H and O–H groups in total. The Kier molecular flexibility index (Phi) is 5.14. The molecular formula is C20H25N3O. The molecule has 1 saturated heterocycles. The molecule has 1 unspecified atom stereocenters. The maximum absolute atomic E-state index is 12.4. The highest BCUT2D eigenvalue weighted by Crippen LogP contribution is 2.25. The Bertz CT molecular complexity index is 696. The van der Waals surface area contributed by atoms with E-state index in [0.717, 1.165) is 30.0 Å². The number of piperidine rings is 1. The predicted molar refractivity (Wildman–Crippen MR) is 98.6 cm³/mol. The maximum atomic E-state index is 12.4. The molecule has 0 radical (unpaired) electrons. The van der Waals surface area contributed by atoms with E-state index in [1.54, 1.807) is 6.20 Å². The summed E-state index contributed by atoms with van der Waals surface area (Å²) in [6.07, 6.45) is 6.67. The number of hydrogen-bond donors (Lipinski definition) is 1. The summed E-state index contributed by atoms with van der Waals surface area (Å²) in [7, 11) is 0. The zero-order valence-electron chi connectivity index (χ0n) is 14.5. The van der Waals surface area contributed by atoms with Gasteiger partial charge in [0.2, 0.25) is 0 Å². The lowest BCUT2D eigenvalue weighted by Gasteiger charge is -2.36. The average molecular weight is 323 g/mol. The fourth-order valence-electron chi connectivity index (χ4n) is 3.38. The van der Waals surface area contributed by atoms with Crippen molar-refractivity contribution in [3.05, 3.63) is 53.7 Å². The van der Waals surface area contributed by atoms with Crippen molar-refractivity contribution in [2.45, 2.75) is 45.6 Å². The van der Waals surface area contributed by atoms with E-state index >= 15 is 0 Å².